The van der Waals surface area contributed by atoms with Gasteiger partial charge in [-0.05, 0) is 66.3 Å². The number of aliphatic hydroxyl groups excluding tert-OH is 1. The monoisotopic (exact) mass is 612 g/mol. The number of hydrogen-bond acceptors (Lipinski definition) is 6. The summed E-state index contributed by atoms with van der Waals surface area (Å²) in [5.41, 5.74) is 5.59. The van der Waals surface area contributed by atoms with Crippen LogP contribution in [0.3, 0.4) is 0 Å². The molecule has 2 heterocycles. The van der Waals surface area contributed by atoms with E-state index in [1.165, 1.54) is 24.8 Å². The van der Waals surface area contributed by atoms with Gasteiger partial charge < -0.3 is 34.3 Å². The van der Waals surface area contributed by atoms with Crippen molar-refractivity contribution in [2.75, 3.05) is 26.9 Å². The van der Waals surface area contributed by atoms with E-state index in [9.17, 15) is 14.7 Å². The van der Waals surface area contributed by atoms with Crippen LogP contribution in [-0.4, -0.2) is 59.6 Å². The van der Waals surface area contributed by atoms with Crippen LogP contribution in [0.25, 0.3) is 22.2 Å². The lowest BCUT2D eigenvalue weighted by molar-refractivity contribution is -0.139. The van der Waals surface area contributed by atoms with E-state index in [0.717, 1.165) is 52.1 Å². The molecule has 0 saturated heterocycles. The van der Waals surface area contributed by atoms with Crippen LogP contribution < -0.4 is 19.5 Å². The summed E-state index contributed by atoms with van der Waals surface area (Å²) >= 11 is 0. The summed E-state index contributed by atoms with van der Waals surface area (Å²) in [4.78, 5) is 25.8. The minimum absolute atomic E-state index is 0.0533. The zero-order valence-electron chi connectivity index (χ0n) is 25.6. The van der Waals surface area contributed by atoms with Gasteiger partial charge in [-0.15, -0.1) is 0 Å². The molecule has 1 atom stereocenters. The zero-order valence-corrected chi connectivity index (χ0v) is 25.6. The third-order valence-electron chi connectivity index (χ3n) is 8.93. The number of ether oxygens (including phenoxy) is 3. The number of methoxy groups -OCH3 is 1. The number of amides is 1. The van der Waals surface area contributed by atoms with E-state index in [-0.39, 0.29) is 13.0 Å². The van der Waals surface area contributed by atoms with E-state index in [1.807, 2.05) is 30.3 Å². The van der Waals surface area contributed by atoms with Gasteiger partial charge in [-0.2, -0.15) is 0 Å². The second kappa shape index (κ2) is 13.6. The van der Waals surface area contributed by atoms with Crippen molar-refractivity contribution in [2.24, 2.45) is 0 Å². The Morgan fingerprint density at radius 1 is 1.02 bits per heavy atom. The molecular formula is C36H40N2O7. The van der Waals surface area contributed by atoms with E-state index in [4.69, 9.17) is 19.3 Å². The minimum Gasteiger partial charge on any atom is -0.497 e. The topological polar surface area (TPSA) is 119 Å². The molecule has 1 aliphatic carbocycles. The number of nitrogens with zero attached hydrogens (tertiary/aromatic N) is 1. The molecule has 1 fully saturated rings. The van der Waals surface area contributed by atoms with Crippen LogP contribution in [0.1, 0.15) is 65.9 Å². The standard InChI is InChI=1S/C36H40N2O7/c1-43-27-13-15-29-32(22-27)45-19-16-38-31-21-25(10-14-28(31)33(34(29)38)24-6-3-2-4-7-24)35(40)37-30(36(41)42)20-23-8-11-26(12-9-23)44-18-5-17-39/h8-15,21-22,24,30,39H,2-7,16-20H2,1H3,(H,37,40)(H,41,42)/t30-/m0/s1. The number of hydrogen-bond donors (Lipinski definition) is 3. The number of aromatic nitrogens is 1. The molecule has 236 valence electrons. The number of carbonyl (C=O) groups is 2. The number of nitrogens with one attached hydrogen (secondary N) is 1. The van der Waals surface area contributed by atoms with Crippen molar-refractivity contribution in [2.45, 2.75) is 63.5 Å². The molecule has 9 heteroatoms. The molecule has 3 aromatic carbocycles. The van der Waals surface area contributed by atoms with Gasteiger partial charge >= 0.3 is 5.97 Å². The molecule has 1 aromatic heterocycles. The molecule has 0 radical (unpaired) electrons. The second-order valence-corrected chi connectivity index (χ2v) is 11.8. The smallest absolute Gasteiger partial charge is 0.326 e. The molecule has 4 aromatic rings. The number of rotatable bonds is 11. The third kappa shape index (κ3) is 6.49. The number of fused-ring (bicyclic) bond motifs is 5. The largest absolute Gasteiger partial charge is 0.497 e. The molecule has 9 nitrogen and oxygen atoms in total. The maximum atomic E-state index is 13.5. The van der Waals surface area contributed by atoms with Gasteiger partial charge in [0.15, 0.2) is 0 Å². The lowest BCUT2D eigenvalue weighted by Gasteiger charge is -2.23. The van der Waals surface area contributed by atoms with Crippen LogP contribution in [0.5, 0.6) is 17.2 Å². The molecule has 0 spiro atoms. The Morgan fingerprint density at radius 2 is 1.80 bits per heavy atom. The Kier molecular flexibility index (Phi) is 9.26. The average molecular weight is 613 g/mol. The van der Waals surface area contributed by atoms with E-state index >= 15 is 0 Å². The van der Waals surface area contributed by atoms with Gasteiger partial charge in [0.2, 0.25) is 0 Å². The highest BCUT2D eigenvalue weighted by Gasteiger charge is 2.30. The Balaban J connectivity index is 1.31. The van der Waals surface area contributed by atoms with Gasteiger partial charge in [0.05, 0.1) is 26.0 Å². The highest BCUT2D eigenvalue weighted by molar-refractivity contribution is 6.02. The Morgan fingerprint density at radius 3 is 2.53 bits per heavy atom. The summed E-state index contributed by atoms with van der Waals surface area (Å²) < 4.78 is 19.5. The molecule has 1 saturated carbocycles. The Labute approximate surface area is 262 Å². The number of aliphatic carboxylic acids is 1. The van der Waals surface area contributed by atoms with Crippen molar-refractivity contribution in [1.82, 2.24) is 9.88 Å². The van der Waals surface area contributed by atoms with Crippen molar-refractivity contribution < 1.29 is 34.0 Å². The molecule has 0 unspecified atom stereocenters. The van der Waals surface area contributed by atoms with E-state index in [1.54, 1.807) is 31.4 Å². The van der Waals surface area contributed by atoms with Gasteiger partial charge in [-0.3, -0.25) is 4.79 Å². The minimum atomic E-state index is -1.10. The highest BCUT2D eigenvalue weighted by atomic mass is 16.5. The van der Waals surface area contributed by atoms with Gasteiger partial charge in [-0.1, -0.05) is 37.5 Å². The summed E-state index contributed by atoms with van der Waals surface area (Å²) in [6.45, 7) is 1.55. The fourth-order valence-corrected chi connectivity index (χ4v) is 6.69. The third-order valence-corrected chi connectivity index (χ3v) is 8.93. The highest BCUT2D eigenvalue weighted by Crippen LogP contribution is 2.47. The normalized spacial score (nSPS) is 15.3. The first kappa shape index (κ1) is 30.5. The predicted octanol–water partition coefficient (Wildman–Crippen LogP) is 5.94. The molecule has 1 amide bonds. The fourth-order valence-electron chi connectivity index (χ4n) is 6.69. The lowest BCUT2D eigenvalue weighted by atomic mass is 9.81. The molecule has 2 aliphatic rings. The van der Waals surface area contributed by atoms with Crippen molar-refractivity contribution in [3.63, 3.8) is 0 Å². The van der Waals surface area contributed by atoms with Gasteiger partial charge in [0.1, 0.15) is 29.9 Å². The van der Waals surface area contributed by atoms with Crippen molar-refractivity contribution in [1.29, 1.82) is 0 Å². The summed E-state index contributed by atoms with van der Waals surface area (Å²) in [5, 5.41) is 22.8. The van der Waals surface area contributed by atoms with Crippen LogP contribution in [0.15, 0.2) is 60.7 Å². The van der Waals surface area contributed by atoms with Crippen molar-refractivity contribution >= 4 is 22.8 Å². The number of benzene rings is 3. The predicted molar refractivity (Wildman–Crippen MR) is 171 cm³/mol. The lowest BCUT2D eigenvalue weighted by Crippen LogP contribution is -2.42. The van der Waals surface area contributed by atoms with Gasteiger partial charge in [0.25, 0.3) is 5.91 Å². The first-order chi connectivity index (χ1) is 22.0. The van der Waals surface area contributed by atoms with Gasteiger partial charge in [-0.25, -0.2) is 4.79 Å². The summed E-state index contributed by atoms with van der Waals surface area (Å²) in [6.07, 6.45) is 6.54. The van der Waals surface area contributed by atoms with Crippen LogP contribution in [-0.2, 0) is 17.8 Å². The molecule has 3 N–H and O–H groups in total. The molecular weight excluding hydrogens is 572 g/mol. The maximum Gasteiger partial charge on any atom is 0.326 e. The number of carbonyl (C=O) groups excluding carboxylic acids is 1. The zero-order chi connectivity index (χ0) is 31.3. The Hall–Kier alpha value is -4.50. The van der Waals surface area contributed by atoms with Crippen molar-refractivity contribution in [3.8, 4) is 28.5 Å². The quantitative estimate of drug-likeness (QED) is 0.179. The second-order valence-electron chi connectivity index (χ2n) is 11.8. The summed E-state index contributed by atoms with van der Waals surface area (Å²) in [5.74, 6) is 1.05. The van der Waals surface area contributed by atoms with E-state index in [2.05, 4.69) is 16.0 Å². The van der Waals surface area contributed by atoms with Crippen LogP contribution in [0, 0.1) is 0 Å². The number of carboxylic acid groups (broad SMARTS) is 1. The molecule has 45 heavy (non-hydrogen) atoms. The molecule has 6 rings (SSSR count). The first-order valence-corrected chi connectivity index (χ1v) is 15.8. The van der Waals surface area contributed by atoms with Crippen molar-refractivity contribution in [3.05, 3.63) is 77.4 Å². The summed E-state index contributed by atoms with van der Waals surface area (Å²) in [6, 6.07) is 17.7. The van der Waals surface area contributed by atoms with E-state index < -0.39 is 17.9 Å². The fraction of sp³-hybridized carbons (Fsp3) is 0.389. The Bertz CT molecular complexity index is 1670. The average Bonchev–Trinajstić information content (AvgIpc) is 3.26. The maximum absolute atomic E-state index is 13.5. The van der Waals surface area contributed by atoms with E-state index in [0.29, 0.717) is 43.4 Å². The van der Waals surface area contributed by atoms with Crippen LogP contribution >= 0.6 is 0 Å². The number of carboxylic acids is 1. The van der Waals surface area contributed by atoms with Crippen LogP contribution in [0.4, 0.5) is 0 Å². The molecule has 0 bridgehead atoms. The number of aliphatic hydroxyl groups is 1. The van der Waals surface area contributed by atoms with Gasteiger partial charge in [0, 0.05) is 47.5 Å². The molecule has 1 aliphatic heterocycles. The SMILES string of the molecule is COc1ccc2c(c1)OCCn1c-2c(C2CCCCC2)c2ccc(C(=O)N[C@@H](Cc3ccc(OCCCO)cc3)C(=O)O)cc21. The first-order valence-electron chi connectivity index (χ1n) is 15.8. The summed E-state index contributed by atoms with van der Waals surface area (Å²) in [7, 11) is 1.65. The van der Waals surface area contributed by atoms with Crippen LogP contribution in [0.2, 0.25) is 0 Å².